The highest BCUT2D eigenvalue weighted by Crippen LogP contribution is 2.14. The summed E-state index contributed by atoms with van der Waals surface area (Å²) < 4.78 is 19.7. The van der Waals surface area contributed by atoms with Crippen molar-refractivity contribution in [3.63, 3.8) is 0 Å². The van der Waals surface area contributed by atoms with Gasteiger partial charge in [-0.3, -0.25) is 9.59 Å². The van der Waals surface area contributed by atoms with E-state index < -0.39 is 0 Å². The molecule has 2 fully saturated rings. The topological polar surface area (TPSA) is 143 Å². The Balaban J connectivity index is 0.000000200. The van der Waals surface area contributed by atoms with Gasteiger partial charge in [-0.1, -0.05) is 12.2 Å². The van der Waals surface area contributed by atoms with Gasteiger partial charge >= 0.3 is 11.9 Å². The Morgan fingerprint density at radius 2 is 1.17 bits per heavy atom. The van der Waals surface area contributed by atoms with E-state index in [0.29, 0.717) is 37.6 Å². The van der Waals surface area contributed by atoms with Crippen LogP contribution in [0.2, 0.25) is 0 Å². The van der Waals surface area contributed by atoms with E-state index in [1.165, 1.54) is 24.3 Å². The molecule has 0 bridgehead atoms. The molecule has 0 radical (unpaired) electrons. The van der Waals surface area contributed by atoms with Crippen molar-refractivity contribution >= 4 is 23.5 Å². The normalized spacial score (nSPS) is 23.6. The highest BCUT2D eigenvalue weighted by molar-refractivity contribution is 6.00. The van der Waals surface area contributed by atoms with E-state index in [-0.39, 0.29) is 54.0 Å². The summed E-state index contributed by atoms with van der Waals surface area (Å²) >= 11 is 0. The summed E-state index contributed by atoms with van der Waals surface area (Å²) in [7, 11) is 0. The van der Waals surface area contributed by atoms with Crippen molar-refractivity contribution in [3.05, 3.63) is 47.6 Å². The molecule has 4 rings (SSSR count). The summed E-state index contributed by atoms with van der Waals surface area (Å²) in [5.74, 6) is -0.757. The molecule has 2 aliphatic heterocycles. The predicted octanol–water partition coefficient (Wildman–Crippen LogP) is -0.0571. The average molecular weight is 406 g/mol. The number of rotatable bonds is 6. The third-order valence-electron chi connectivity index (χ3n) is 4.02. The summed E-state index contributed by atoms with van der Waals surface area (Å²) in [5, 5.41) is 0. The minimum Gasteiger partial charge on any atom is -0.459 e. The minimum atomic E-state index is -0.385. The molecule has 2 heterocycles. The van der Waals surface area contributed by atoms with Crippen molar-refractivity contribution in [2.24, 2.45) is 0 Å². The maximum atomic E-state index is 11.3. The van der Waals surface area contributed by atoms with Crippen LogP contribution in [-0.2, 0) is 38.1 Å². The fraction of sp³-hybridized carbons (Fsp3) is 0.400. The first-order valence-electron chi connectivity index (χ1n) is 8.91. The molecule has 2 N–H and O–H groups in total. The van der Waals surface area contributed by atoms with E-state index in [4.69, 9.17) is 18.9 Å². The lowest BCUT2D eigenvalue weighted by Gasteiger charge is -2.05. The number of ether oxygens (including phenoxy) is 4. The second-order valence-electron chi connectivity index (χ2n) is 6.43. The fourth-order valence-electron chi connectivity index (χ4n) is 2.19. The standard InChI is InChI=1S/2C10H10O4.H2O/c2*11-8-3-1-7(2-4-8)10(12)14-6-9-5-13-9;/h2*1-3,9H,4-6H2;1H2. The second kappa shape index (κ2) is 10.6. The molecule has 0 aromatic rings. The van der Waals surface area contributed by atoms with E-state index in [0.717, 1.165) is 0 Å². The molecule has 0 aromatic heterocycles. The quantitative estimate of drug-likeness (QED) is 0.441. The van der Waals surface area contributed by atoms with Crippen molar-refractivity contribution < 1.29 is 43.6 Å². The van der Waals surface area contributed by atoms with Gasteiger partial charge in [-0.25, -0.2) is 9.59 Å². The van der Waals surface area contributed by atoms with Crippen LogP contribution in [-0.4, -0.2) is 67.6 Å². The largest absolute Gasteiger partial charge is 0.459 e. The number of ketones is 2. The number of carbonyl (C=O) groups is 4. The zero-order valence-corrected chi connectivity index (χ0v) is 15.6. The highest BCUT2D eigenvalue weighted by atomic mass is 16.6. The van der Waals surface area contributed by atoms with Gasteiger partial charge in [0.25, 0.3) is 0 Å². The molecule has 0 saturated carbocycles. The molecule has 2 aliphatic carbocycles. The molecule has 2 saturated heterocycles. The molecule has 156 valence electrons. The zero-order valence-electron chi connectivity index (χ0n) is 15.6. The number of epoxide rings is 2. The molecule has 2 atom stereocenters. The first-order chi connectivity index (χ1) is 13.5. The third-order valence-corrected chi connectivity index (χ3v) is 4.02. The Morgan fingerprint density at radius 3 is 1.45 bits per heavy atom. The molecule has 0 amide bonds. The maximum absolute atomic E-state index is 11.3. The van der Waals surface area contributed by atoms with Crippen molar-refractivity contribution in [2.45, 2.75) is 25.0 Å². The van der Waals surface area contributed by atoms with Gasteiger partial charge in [-0.15, -0.1) is 0 Å². The van der Waals surface area contributed by atoms with E-state index in [2.05, 4.69) is 0 Å². The summed E-state index contributed by atoms with van der Waals surface area (Å²) in [5.41, 5.74) is 0.899. The summed E-state index contributed by atoms with van der Waals surface area (Å²) in [4.78, 5) is 44.3. The molecule has 9 nitrogen and oxygen atoms in total. The molecule has 0 aromatic carbocycles. The van der Waals surface area contributed by atoms with Crippen molar-refractivity contribution in [1.29, 1.82) is 0 Å². The first kappa shape index (κ1) is 22.4. The summed E-state index contributed by atoms with van der Waals surface area (Å²) in [6, 6.07) is 0. The fourth-order valence-corrected chi connectivity index (χ4v) is 2.19. The Hall–Kier alpha value is -2.88. The monoisotopic (exact) mass is 406 g/mol. The van der Waals surface area contributed by atoms with Gasteiger partial charge in [0.15, 0.2) is 11.6 Å². The van der Waals surface area contributed by atoms with Crippen molar-refractivity contribution in [1.82, 2.24) is 0 Å². The van der Waals surface area contributed by atoms with Crippen LogP contribution < -0.4 is 0 Å². The molecule has 0 spiro atoms. The first-order valence-corrected chi connectivity index (χ1v) is 8.91. The summed E-state index contributed by atoms with van der Waals surface area (Å²) in [6.07, 6.45) is 9.64. The Kier molecular flexibility index (Phi) is 8.20. The Bertz CT molecular complexity index is 714. The van der Waals surface area contributed by atoms with Gasteiger partial charge in [0.05, 0.1) is 24.4 Å². The van der Waals surface area contributed by atoms with E-state index in [9.17, 15) is 19.2 Å². The second-order valence-corrected chi connectivity index (χ2v) is 6.43. The van der Waals surface area contributed by atoms with E-state index in [1.54, 1.807) is 12.2 Å². The maximum Gasteiger partial charge on any atom is 0.337 e. The highest BCUT2D eigenvalue weighted by Gasteiger charge is 2.25. The van der Waals surface area contributed by atoms with Gasteiger partial charge in [0.2, 0.25) is 0 Å². The lowest BCUT2D eigenvalue weighted by Crippen LogP contribution is -2.13. The number of hydrogen-bond acceptors (Lipinski definition) is 8. The van der Waals surface area contributed by atoms with Gasteiger partial charge < -0.3 is 24.4 Å². The molecule has 29 heavy (non-hydrogen) atoms. The SMILES string of the molecule is O.O=C1C=CC(C(=O)OCC2CO2)=CC1.O=C1C=CC(C(=O)OCC2CO2)=CC1. The number of allylic oxidation sites excluding steroid dienone is 4. The minimum absolute atomic E-state index is 0. The molecule has 4 aliphatic rings. The number of carbonyl (C=O) groups excluding carboxylic acids is 4. The lowest BCUT2D eigenvalue weighted by atomic mass is 10.1. The third kappa shape index (κ3) is 7.94. The van der Waals surface area contributed by atoms with Crippen LogP contribution >= 0.6 is 0 Å². The summed E-state index contributed by atoms with van der Waals surface area (Å²) in [6.45, 7) is 1.94. The molecular weight excluding hydrogens is 384 g/mol. The van der Waals surface area contributed by atoms with Crippen LogP contribution in [0.15, 0.2) is 47.6 Å². The Labute approximate surface area is 166 Å². The van der Waals surface area contributed by atoms with E-state index in [1.807, 2.05) is 0 Å². The van der Waals surface area contributed by atoms with Crippen LogP contribution in [0, 0.1) is 0 Å². The smallest absolute Gasteiger partial charge is 0.337 e. The van der Waals surface area contributed by atoms with Gasteiger partial charge in [0, 0.05) is 12.8 Å². The van der Waals surface area contributed by atoms with Crippen molar-refractivity contribution in [2.75, 3.05) is 26.4 Å². The molecular formula is C20H22O9. The molecule has 9 heteroatoms. The Morgan fingerprint density at radius 1 is 0.793 bits per heavy atom. The van der Waals surface area contributed by atoms with E-state index >= 15 is 0 Å². The molecule has 2 unspecified atom stereocenters. The number of esters is 2. The zero-order chi connectivity index (χ0) is 19.9. The van der Waals surface area contributed by atoms with Crippen LogP contribution in [0.1, 0.15) is 12.8 Å². The van der Waals surface area contributed by atoms with Gasteiger partial charge in [0.1, 0.15) is 25.4 Å². The average Bonchev–Trinajstić information content (AvgIpc) is 3.61. The van der Waals surface area contributed by atoms with Crippen molar-refractivity contribution in [3.8, 4) is 0 Å². The van der Waals surface area contributed by atoms with Gasteiger partial charge in [-0.2, -0.15) is 0 Å². The predicted molar refractivity (Wildman–Crippen MR) is 98.7 cm³/mol. The van der Waals surface area contributed by atoms with Crippen LogP contribution in [0.25, 0.3) is 0 Å². The van der Waals surface area contributed by atoms with Crippen LogP contribution in [0.5, 0.6) is 0 Å². The van der Waals surface area contributed by atoms with Crippen LogP contribution in [0.3, 0.4) is 0 Å². The van der Waals surface area contributed by atoms with Crippen LogP contribution in [0.4, 0.5) is 0 Å². The number of hydrogen-bond donors (Lipinski definition) is 0. The van der Waals surface area contributed by atoms with Gasteiger partial charge in [-0.05, 0) is 24.3 Å². The lowest BCUT2D eigenvalue weighted by molar-refractivity contribution is -0.140.